The van der Waals surface area contributed by atoms with Crippen molar-refractivity contribution in [3.63, 3.8) is 0 Å². The number of carboxylic acids is 3. The molecular formula is C29H34F6N4O8. The van der Waals surface area contributed by atoms with Gasteiger partial charge >= 0.3 is 30.3 Å². The number of primary amides is 1. The lowest BCUT2D eigenvalue weighted by atomic mass is 9.91. The summed E-state index contributed by atoms with van der Waals surface area (Å²) in [5.41, 5.74) is 14.8. The third-order valence-electron chi connectivity index (χ3n) is 6.73. The molecule has 2 aromatic rings. The number of piperidine rings is 1. The molecule has 8 N–H and O–H groups in total. The second-order valence-corrected chi connectivity index (χ2v) is 10.1. The van der Waals surface area contributed by atoms with E-state index >= 15 is 0 Å². The van der Waals surface area contributed by atoms with Gasteiger partial charge in [0.15, 0.2) is 0 Å². The predicted octanol–water partition coefficient (Wildman–Crippen LogP) is 2.69. The van der Waals surface area contributed by atoms with Crippen LogP contribution in [0.25, 0.3) is 0 Å². The SMILES string of the molecule is NC(=O)c1ccc2c(c1)CCC2.NCC1CNCCC1N(CC(=O)O)C(=O)c1ccccc1.O=C(O)C(F)(F)F.O=C(O)C(F)(F)F. The fraction of sp³-hybridized carbons (Fsp3) is 0.414. The Morgan fingerprint density at radius 2 is 1.36 bits per heavy atom. The monoisotopic (exact) mass is 680 g/mol. The van der Waals surface area contributed by atoms with Gasteiger partial charge in [-0.15, -0.1) is 0 Å². The number of hydrogen-bond donors (Lipinski definition) is 6. The van der Waals surface area contributed by atoms with Crippen LogP contribution in [0.1, 0.15) is 44.7 Å². The molecule has 260 valence electrons. The average Bonchev–Trinajstić information content (AvgIpc) is 3.48. The predicted molar refractivity (Wildman–Crippen MR) is 153 cm³/mol. The standard InChI is InChI=1S/C15H21N3O3.C10H11NO.2C2HF3O2/c16-8-12-9-17-7-6-13(12)18(10-14(19)20)15(21)11-4-2-1-3-5-11;11-10(12)9-5-4-7-2-1-3-8(7)6-9;2*3-2(4,5)1(6)7/h1-5,12-13,17H,6-10,16H2,(H,19,20);4-6H,1-3H2,(H2,11,12);2*(H,6,7). The Bertz CT molecular complexity index is 1350. The van der Waals surface area contributed by atoms with Crippen LogP contribution in [0.3, 0.4) is 0 Å². The fourth-order valence-electron chi connectivity index (χ4n) is 4.52. The van der Waals surface area contributed by atoms with Crippen LogP contribution in [-0.2, 0) is 27.2 Å². The number of fused-ring (bicyclic) bond motifs is 1. The Kier molecular flexibility index (Phi) is 15.8. The van der Waals surface area contributed by atoms with Gasteiger partial charge in [-0.1, -0.05) is 24.3 Å². The number of nitrogens with two attached hydrogens (primary N) is 2. The number of hydrogen-bond acceptors (Lipinski definition) is 7. The lowest BCUT2D eigenvalue weighted by Gasteiger charge is -2.39. The highest BCUT2D eigenvalue weighted by molar-refractivity contribution is 5.96. The van der Waals surface area contributed by atoms with Crippen molar-refractivity contribution in [2.45, 2.75) is 44.1 Å². The zero-order valence-corrected chi connectivity index (χ0v) is 24.7. The highest BCUT2D eigenvalue weighted by Gasteiger charge is 2.39. The van der Waals surface area contributed by atoms with Crippen LogP contribution >= 0.6 is 0 Å². The molecule has 12 nitrogen and oxygen atoms in total. The van der Waals surface area contributed by atoms with Crippen LogP contribution in [0.2, 0.25) is 0 Å². The molecule has 1 fully saturated rings. The number of aliphatic carboxylic acids is 3. The first-order chi connectivity index (χ1) is 21.8. The lowest BCUT2D eigenvalue weighted by Crippen LogP contribution is -2.55. The molecule has 0 saturated carbocycles. The minimum Gasteiger partial charge on any atom is -0.480 e. The van der Waals surface area contributed by atoms with Crippen molar-refractivity contribution in [3.8, 4) is 0 Å². The number of rotatable bonds is 6. The largest absolute Gasteiger partial charge is 0.490 e. The van der Waals surface area contributed by atoms with E-state index in [-0.39, 0.29) is 30.3 Å². The quantitative estimate of drug-likeness (QED) is 0.246. The number of carbonyl (C=O) groups excluding carboxylic acids is 2. The van der Waals surface area contributed by atoms with Crippen molar-refractivity contribution in [1.82, 2.24) is 10.2 Å². The molecule has 18 heteroatoms. The maximum absolute atomic E-state index is 12.6. The van der Waals surface area contributed by atoms with E-state index in [1.54, 1.807) is 24.3 Å². The molecule has 4 rings (SSSR count). The summed E-state index contributed by atoms with van der Waals surface area (Å²) in [5.74, 6) is -7.02. The van der Waals surface area contributed by atoms with Crippen molar-refractivity contribution >= 4 is 29.7 Å². The Morgan fingerprint density at radius 3 is 1.83 bits per heavy atom. The molecule has 2 unspecified atom stereocenters. The number of carboxylic acid groups (broad SMARTS) is 3. The molecule has 47 heavy (non-hydrogen) atoms. The zero-order valence-electron chi connectivity index (χ0n) is 24.7. The van der Waals surface area contributed by atoms with Gasteiger partial charge in [-0.25, -0.2) is 9.59 Å². The highest BCUT2D eigenvalue weighted by Crippen LogP contribution is 2.23. The molecule has 1 heterocycles. The van der Waals surface area contributed by atoms with Crippen molar-refractivity contribution in [1.29, 1.82) is 0 Å². The van der Waals surface area contributed by atoms with Gasteiger partial charge in [0.25, 0.3) is 5.91 Å². The summed E-state index contributed by atoms with van der Waals surface area (Å²) in [6.07, 6.45) is -6.00. The first-order valence-electron chi connectivity index (χ1n) is 13.8. The van der Waals surface area contributed by atoms with Crippen molar-refractivity contribution < 1.29 is 65.6 Å². The van der Waals surface area contributed by atoms with Gasteiger partial charge in [-0.2, -0.15) is 26.3 Å². The molecule has 2 aliphatic rings. The van der Waals surface area contributed by atoms with Crippen LogP contribution in [0.5, 0.6) is 0 Å². The minimum absolute atomic E-state index is 0.0748. The van der Waals surface area contributed by atoms with E-state index in [9.17, 15) is 40.7 Å². The second-order valence-electron chi connectivity index (χ2n) is 10.1. The fourth-order valence-corrected chi connectivity index (χ4v) is 4.52. The highest BCUT2D eigenvalue weighted by atomic mass is 19.4. The number of alkyl halides is 6. The minimum atomic E-state index is -5.08. The molecule has 0 bridgehead atoms. The van der Waals surface area contributed by atoms with Gasteiger partial charge < -0.3 is 37.0 Å². The van der Waals surface area contributed by atoms with E-state index in [1.807, 2.05) is 24.3 Å². The topological polar surface area (TPSA) is 213 Å². The van der Waals surface area contributed by atoms with Crippen LogP contribution in [0.4, 0.5) is 26.3 Å². The van der Waals surface area contributed by atoms with Crippen LogP contribution in [-0.4, -0.2) is 94.5 Å². The van der Waals surface area contributed by atoms with Crippen molar-refractivity contribution in [2.24, 2.45) is 17.4 Å². The van der Waals surface area contributed by atoms with Gasteiger partial charge in [0.05, 0.1) is 0 Å². The van der Waals surface area contributed by atoms with Crippen molar-refractivity contribution in [3.05, 3.63) is 70.8 Å². The van der Waals surface area contributed by atoms with Gasteiger partial charge in [-0.05, 0) is 74.2 Å². The average molecular weight is 681 g/mol. The third-order valence-corrected chi connectivity index (χ3v) is 6.73. The molecule has 1 saturated heterocycles. The maximum atomic E-state index is 12.6. The molecular weight excluding hydrogens is 646 g/mol. The van der Waals surface area contributed by atoms with E-state index < -0.39 is 30.3 Å². The molecule has 2 amide bonds. The maximum Gasteiger partial charge on any atom is 0.490 e. The van der Waals surface area contributed by atoms with Crippen LogP contribution < -0.4 is 16.8 Å². The number of carbonyl (C=O) groups is 5. The molecule has 2 aromatic carbocycles. The summed E-state index contributed by atoms with van der Waals surface area (Å²) in [4.78, 5) is 53.9. The molecule has 1 aliphatic heterocycles. The van der Waals surface area contributed by atoms with Crippen molar-refractivity contribution in [2.75, 3.05) is 26.2 Å². The summed E-state index contributed by atoms with van der Waals surface area (Å²) in [5, 5.41) is 26.6. The third kappa shape index (κ3) is 14.1. The lowest BCUT2D eigenvalue weighted by molar-refractivity contribution is -0.193. The van der Waals surface area contributed by atoms with E-state index in [1.165, 1.54) is 22.4 Å². The van der Waals surface area contributed by atoms with E-state index in [4.69, 9.17) is 36.4 Å². The number of nitrogens with one attached hydrogen (secondary N) is 1. The summed E-state index contributed by atoms with van der Waals surface area (Å²) in [6.45, 7) is 1.60. The van der Waals surface area contributed by atoms with Gasteiger partial charge in [0.1, 0.15) is 6.54 Å². The Labute approximate surface area is 264 Å². The molecule has 1 aliphatic carbocycles. The van der Waals surface area contributed by atoms with E-state index in [0.717, 1.165) is 19.4 Å². The number of nitrogens with zero attached hydrogens (tertiary/aromatic N) is 1. The summed E-state index contributed by atoms with van der Waals surface area (Å²) in [6, 6.07) is 14.4. The second kappa shape index (κ2) is 18.4. The van der Waals surface area contributed by atoms with Crippen LogP contribution in [0, 0.1) is 5.92 Å². The number of amides is 2. The van der Waals surface area contributed by atoms with E-state index in [0.29, 0.717) is 30.6 Å². The number of halogens is 6. The molecule has 0 spiro atoms. The molecule has 0 aromatic heterocycles. The first kappa shape index (κ1) is 40.3. The summed E-state index contributed by atoms with van der Waals surface area (Å²) < 4.78 is 63.5. The van der Waals surface area contributed by atoms with Gasteiger partial charge in [-0.3, -0.25) is 14.4 Å². The molecule has 0 radical (unpaired) electrons. The van der Waals surface area contributed by atoms with E-state index in [2.05, 4.69) is 5.32 Å². The molecule has 2 atom stereocenters. The van der Waals surface area contributed by atoms with Crippen LogP contribution in [0.15, 0.2) is 48.5 Å². The summed E-state index contributed by atoms with van der Waals surface area (Å²) in [7, 11) is 0. The zero-order chi connectivity index (χ0) is 35.9. The summed E-state index contributed by atoms with van der Waals surface area (Å²) >= 11 is 0. The number of aryl methyl sites for hydroxylation is 2. The van der Waals surface area contributed by atoms with Gasteiger partial charge in [0.2, 0.25) is 5.91 Å². The Hall–Kier alpha value is -4.71. The first-order valence-corrected chi connectivity index (χ1v) is 13.8. The smallest absolute Gasteiger partial charge is 0.480 e. The van der Waals surface area contributed by atoms with Gasteiger partial charge in [0, 0.05) is 29.6 Å². The number of benzene rings is 2. The Balaban J connectivity index is 0.000000357. The Morgan fingerprint density at radius 1 is 0.830 bits per heavy atom. The normalized spacial score (nSPS) is 16.7.